The molecule has 7 nitrogen and oxygen atoms in total. The van der Waals surface area contributed by atoms with Crippen LogP contribution in [0.2, 0.25) is 0 Å². The number of hydrogen-bond acceptors (Lipinski definition) is 5. The fourth-order valence-electron chi connectivity index (χ4n) is 2.88. The van der Waals surface area contributed by atoms with E-state index in [-0.39, 0.29) is 11.1 Å². The molecule has 140 valence electrons. The van der Waals surface area contributed by atoms with Gasteiger partial charge >= 0.3 is 5.92 Å². The summed E-state index contributed by atoms with van der Waals surface area (Å²) in [7, 11) is 1.79. The monoisotopic (exact) mass is 379 g/mol. The summed E-state index contributed by atoms with van der Waals surface area (Å²) in [4.78, 5) is 4.32. The van der Waals surface area contributed by atoms with Crippen LogP contribution in [0.25, 0.3) is 22.0 Å². The number of rotatable bonds is 3. The maximum atomic E-state index is 15.0. The van der Waals surface area contributed by atoms with Crippen LogP contribution in [0.5, 0.6) is 0 Å². The molecule has 0 radical (unpaired) electrons. The van der Waals surface area contributed by atoms with Gasteiger partial charge in [-0.2, -0.15) is 23.7 Å². The molecule has 0 aliphatic carbocycles. The first-order valence-electron chi connectivity index (χ1n) is 8.32. The topological polar surface area (TPSA) is 96.2 Å². The normalized spacial score (nSPS) is 11.7. The minimum absolute atomic E-state index is 0.298. The highest BCUT2D eigenvalue weighted by atomic mass is 19.3. The molecular weight excluding hydrogens is 364 g/mol. The maximum Gasteiger partial charge on any atom is 0.331 e. The summed E-state index contributed by atoms with van der Waals surface area (Å²) >= 11 is 0. The van der Waals surface area contributed by atoms with E-state index in [1.54, 1.807) is 30.2 Å². The van der Waals surface area contributed by atoms with E-state index in [1.807, 2.05) is 6.20 Å². The highest BCUT2D eigenvalue weighted by molar-refractivity contribution is 5.91. The van der Waals surface area contributed by atoms with Crippen molar-refractivity contribution in [1.82, 2.24) is 24.5 Å². The van der Waals surface area contributed by atoms with Gasteiger partial charge in [-0.05, 0) is 30.3 Å². The molecule has 0 aliphatic rings. The lowest BCUT2D eigenvalue weighted by molar-refractivity contribution is 0.0697. The highest BCUT2D eigenvalue weighted by Gasteiger charge is 2.39. The number of nitrogens with one attached hydrogen (secondary N) is 2. The van der Waals surface area contributed by atoms with Gasteiger partial charge < -0.3 is 0 Å². The van der Waals surface area contributed by atoms with Gasteiger partial charge in [0.05, 0.1) is 11.7 Å². The third-order valence-electron chi connectivity index (χ3n) is 4.34. The van der Waals surface area contributed by atoms with Gasteiger partial charge in [0.1, 0.15) is 5.49 Å². The SMILES string of the molecule is Cn1cc(-c2cnc3ccc(C(F)(F)C(=N)n4ncccc4=N)cc3c2)cn1. The van der Waals surface area contributed by atoms with Gasteiger partial charge in [0.2, 0.25) is 0 Å². The zero-order chi connectivity index (χ0) is 19.9. The Labute approximate surface area is 157 Å². The van der Waals surface area contributed by atoms with Gasteiger partial charge in [-0.1, -0.05) is 6.07 Å². The molecule has 2 N–H and O–H groups in total. The zero-order valence-corrected chi connectivity index (χ0v) is 14.8. The molecule has 0 spiro atoms. The fourth-order valence-corrected chi connectivity index (χ4v) is 2.88. The van der Waals surface area contributed by atoms with Crippen LogP contribution in [0.15, 0.2) is 61.2 Å². The van der Waals surface area contributed by atoms with Crippen LogP contribution >= 0.6 is 0 Å². The van der Waals surface area contributed by atoms with E-state index in [9.17, 15) is 8.78 Å². The van der Waals surface area contributed by atoms with Gasteiger partial charge in [0.25, 0.3) is 0 Å². The molecule has 1 aromatic carbocycles. The van der Waals surface area contributed by atoms with Crippen molar-refractivity contribution in [2.75, 3.05) is 0 Å². The first-order chi connectivity index (χ1) is 13.4. The number of aryl methyl sites for hydroxylation is 1. The summed E-state index contributed by atoms with van der Waals surface area (Å²) in [5.41, 5.74) is 1.47. The number of pyridine rings is 1. The zero-order valence-electron chi connectivity index (χ0n) is 14.8. The van der Waals surface area contributed by atoms with Gasteiger partial charge in [-0.3, -0.25) is 20.5 Å². The first kappa shape index (κ1) is 17.7. The second-order valence-corrected chi connectivity index (χ2v) is 6.28. The van der Waals surface area contributed by atoms with E-state index < -0.39 is 11.8 Å². The first-order valence-corrected chi connectivity index (χ1v) is 8.32. The van der Waals surface area contributed by atoms with Crippen molar-refractivity contribution in [1.29, 1.82) is 10.8 Å². The molecular formula is C19H15F2N7. The van der Waals surface area contributed by atoms with E-state index in [0.29, 0.717) is 15.6 Å². The van der Waals surface area contributed by atoms with Gasteiger partial charge in [-0.15, -0.1) is 0 Å². The predicted octanol–water partition coefficient (Wildman–Crippen LogP) is 2.93. The predicted molar refractivity (Wildman–Crippen MR) is 99.0 cm³/mol. The number of halogens is 2. The Bertz CT molecular complexity index is 1260. The van der Waals surface area contributed by atoms with Gasteiger partial charge in [-0.25, -0.2) is 0 Å². The minimum atomic E-state index is -3.63. The van der Waals surface area contributed by atoms with E-state index in [2.05, 4.69) is 15.2 Å². The van der Waals surface area contributed by atoms with Crippen molar-refractivity contribution in [3.8, 4) is 11.1 Å². The Balaban J connectivity index is 1.78. The van der Waals surface area contributed by atoms with Crippen LogP contribution in [0.4, 0.5) is 8.78 Å². The molecule has 3 aromatic heterocycles. The Morgan fingerprint density at radius 2 is 1.89 bits per heavy atom. The average Bonchev–Trinajstić information content (AvgIpc) is 3.13. The molecule has 0 fully saturated rings. The summed E-state index contributed by atoms with van der Waals surface area (Å²) in [6.07, 6.45) is 6.40. The fraction of sp³-hybridized carbons (Fsp3) is 0.105. The quantitative estimate of drug-likeness (QED) is 0.423. The molecule has 0 aliphatic heterocycles. The maximum absolute atomic E-state index is 15.0. The lowest BCUT2D eigenvalue weighted by Crippen LogP contribution is -2.39. The average molecular weight is 379 g/mol. The van der Waals surface area contributed by atoms with Crippen molar-refractivity contribution in [2.24, 2.45) is 7.05 Å². The Morgan fingerprint density at radius 1 is 1.07 bits per heavy atom. The van der Waals surface area contributed by atoms with Crippen LogP contribution in [-0.2, 0) is 13.0 Å². The second-order valence-electron chi connectivity index (χ2n) is 6.28. The van der Waals surface area contributed by atoms with E-state index in [4.69, 9.17) is 10.8 Å². The van der Waals surface area contributed by atoms with Gasteiger partial charge in [0, 0.05) is 47.7 Å². The second kappa shape index (κ2) is 6.45. The van der Waals surface area contributed by atoms with Gasteiger partial charge in [0.15, 0.2) is 5.84 Å². The molecule has 3 heterocycles. The van der Waals surface area contributed by atoms with Crippen LogP contribution in [0, 0.1) is 10.8 Å². The lowest BCUT2D eigenvalue weighted by atomic mass is 10.0. The van der Waals surface area contributed by atoms with Crippen LogP contribution in [0.1, 0.15) is 5.56 Å². The van der Waals surface area contributed by atoms with Crippen molar-refractivity contribution in [3.63, 3.8) is 0 Å². The molecule has 28 heavy (non-hydrogen) atoms. The van der Waals surface area contributed by atoms with Crippen molar-refractivity contribution >= 4 is 16.7 Å². The van der Waals surface area contributed by atoms with E-state index >= 15 is 0 Å². The molecule has 0 amide bonds. The van der Waals surface area contributed by atoms with Crippen molar-refractivity contribution in [3.05, 3.63) is 72.2 Å². The molecule has 0 saturated heterocycles. The molecule has 4 rings (SSSR count). The standard InChI is InChI=1S/C19H15F2N7/c1-27-11-14(10-26-27)13-7-12-8-15(4-5-16(12)24-9-13)19(20,21)18(23)28-17(22)3-2-6-25-28/h2-11,22-23H,1H3. The van der Waals surface area contributed by atoms with Crippen molar-refractivity contribution < 1.29 is 8.78 Å². The minimum Gasteiger partial charge on any atom is -0.283 e. The number of alkyl halides is 2. The molecule has 9 heteroatoms. The highest BCUT2D eigenvalue weighted by Crippen LogP contribution is 2.32. The van der Waals surface area contributed by atoms with Crippen molar-refractivity contribution in [2.45, 2.75) is 5.92 Å². The summed E-state index contributed by atoms with van der Waals surface area (Å²) in [6, 6.07) is 8.54. The summed E-state index contributed by atoms with van der Waals surface area (Å²) in [6.45, 7) is 0. The molecule has 0 bridgehead atoms. The van der Waals surface area contributed by atoms with E-state index in [1.165, 1.54) is 36.5 Å². The summed E-state index contributed by atoms with van der Waals surface area (Å²) in [5, 5.41) is 23.9. The van der Waals surface area contributed by atoms with E-state index in [0.717, 1.165) is 11.1 Å². The lowest BCUT2D eigenvalue weighted by Gasteiger charge is -2.19. The largest absolute Gasteiger partial charge is 0.331 e. The third-order valence-corrected chi connectivity index (χ3v) is 4.34. The van der Waals surface area contributed by atoms with Crippen LogP contribution in [0.3, 0.4) is 0 Å². The molecule has 0 atom stereocenters. The number of benzene rings is 1. The van der Waals surface area contributed by atoms with Crippen LogP contribution in [-0.4, -0.2) is 30.4 Å². The summed E-state index contributed by atoms with van der Waals surface area (Å²) < 4.78 is 32.2. The number of nitrogens with zero attached hydrogens (tertiary/aromatic N) is 5. The smallest absolute Gasteiger partial charge is 0.283 e. The van der Waals surface area contributed by atoms with Crippen LogP contribution < -0.4 is 5.49 Å². The number of fused-ring (bicyclic) bond motifs is 1. The summed E-state index contributed by atoms with van der Waals surface area (Å²) in [5.74, 6) is -4.72. The third kappa shape index (κ3) is 2.96. The Kier molecular flexibility index (Phi) is 4.07. The Hall–Kier alpha value is -3.75. The molecule has 0 unspecified atom stereocenters. The number of hydrogen-bond donors (Lipinski definition) is 2. The molecule has 0 saturated carbocycles. The number of aromatic nitrogens is 5. The molecule has 4 aromatic rings. The Morgan fingerprint density at radius 3 is 2.61 bits per heavy atom.